The number of ether oxygens (including phenoxy) is 1. The average molecular weight is 184 g/mol. The van der Waals surface area contributed by atoms with Crippen molar-refractivity contribution in [3.05, 3.63) is 12.2 Å². The van der Waals surface area contributed by atoms with Crippen LogP contribution in [0, 0.1) is 5.92 Å². The highest BCUT2D eigenvalue weighted by atomic mass is 16.5. The maximum Gasteiger partial charge on any atom is 0.330 e. The summed E-state index contributed by atoms with van der Waals surface area (Å²) in [5, 5.41) is 0. The molecule has 0 saturated carbocycles. The zero-order chi connectivity index (χ0) is 10.3. The summed E-state index contributed by atoms with van der Waals surface area (Å²) < 4.78 is 4.37. The first kappa shape index (κ1) is 11.9. The van der Waals surface area contributed by atoms with Crippen molar-refractivity contribution in [2.24, 2.45) is 5.92 Å². The summed E-state index contributed by atoms with van der Waals surface area (Å²) in [6.07, 6.45) is 4.08. The van der Waals surface area contributed by atoms with Crippen LogP contribution < -0.4 is 0 Å². The van der Waals surface area contributed by atoms with Gasteiger partial charge in [0.05, 0.1) is 7.11 Å². The Balaban J connectivity index is 4.12. The molecular weight excluding hydrogens is 168 g/mol. The monoisotopic (exact) mass is 184 g/mol. The molecule has 0 amide bonds. The summed E-state index contributed by atoms with van der Waals surface area (Å²) in [5.74, 6) is -0.462. The molecule has 0 bridgehead atoms. The Labute approximate surface area is 78.8 Å². The molecule has 3 nitrogen and oxygen atoms in total. The Morgan fingerprint density at radius 3 is 2.15 bits per heavy atom. The zero-order valence-corrected chi connectivity index (χ0v) is 8.37. The van der Waals surface area contributed by atoms with Gasteiger partial charge in [0.1, 0.15) is 0 Å². The van der Waals surface area contributed by atoms with Crippen LogP contribution in [-0.2, 0) is 14.3 Å². The lowest BCUT2D eigenvalue weighted by Gasteiger charge is -2.06. The van der Waals surface area contributed by atoms with Crippen LogP contribution in [0.4, 0.5) is 0 Å². The second-order valence-electron chi connectivity index (χ2n) is 2.77. The summed E-state index contributed by atoms with van der Waals surface area (Å²) in [5.41, 5.74) is 0. The number of hydrogen-bond acceptors (Lipinski definition) is 3. The van der Waals surface area contributed by atoms with Crippen LogP contribution in [0.5, 0.6) is 0 Å². The first-order chi connectivity index (χ1) is 6.15. The minimum absolute atomic E-state index is 0.00426. The van der Waals surface area contributed by atoms with Crippen molar-refractivity contribution in [2.45, 2.75) is 26.7 Å². The third-order valence-electron chi connectivity index (χ3n) is 1.97. The smallest absolute Gasteiger partial charge is 0.330 e. The van der Waals surface area contributed by atoms with Crippen molar-refractivity contribution < 1.29 is 14.3 Å². The van der Waals surface area contributed by atoms with Gasteiger partial charge in [0.25, 0.3) is 0 Å². The van der Waals surface area contributed by atoms with Crippen molar-refractivity contribution in [3.63, 3.8) is 0 Å². The molecule has 13 heavy (non-hydrogen) atoms. The molecule has 0 spiro atoms. The molecule has 0 aromatic heterocycles. The number of hydrogen-bond donors (Lipinski definition) is 0. The highest BCUT2D eigenvalue weighted by molar-refractivity contribution is 5.97. The zero-order valence-electron chi connectivity index (χ0n) is 8.37. The standard InChI is InChI=1S/C10H16O3/c1-4-8(5-2)9(11)6-7-10(12)13-3/h6-8H,4-5H2,1-3H3. The maximum atomic E-state index is 11.3. The Kier molecular flexibility index (Phi) is 5.85. The van der Waals surface area contributed by atoms with Gasteiger partial charge in [0, 0.05) is 12.0 Å². The summed E-state index contributed by atoms with van der Waals surface area (Å²) in [7, 11) is 1.29. The van der Waals surface area contributed by atoms with Gasteiger partial charge in [-0.3, -0.25) is 4.79 Å². The van der Waals surface area contributed by atoms with E-state index in [0.717, 1.165) is 12.8 Å². The molecule has 0 rings (SSSR count). The van der Waals surface area contributed by atoms with Crippen LogP contribution in [-0.4, -0.2) is 18.9 Å². The number of carbonyl (C=O) groups is 2. The number of carbonyl (C=O) groups excluding carboxylic acids is 2. The van der Waals surface area contributed by atoms with E-state index >= 15 is 0 Å². The van der Waals surface area contributed by atoms with Crippen LogP contribution in [0.25, 0.3) is 0 Å². The lowest BCUT2D eigenvalue weighted by atomic mass is 9.98. The molecule has 0 fully saturated rings. The highest BCUT2D eigenvalue weighted by Crippen LogP contribution is 2.09. The first-order valence-corrected chi connectivity index (χ1v) is 4.45. The predicted molar refractivity (Wildman–Crippen MR) is 50.2 cm³/mol. The molecule has 0 aliphatic heterocycles. The average Bonchev–Trinajstić information content (AvgIpc) is 2.16. The molecule has 0 saturated heterocycles. The van der Waals surface area contributed by atoms with Crippen molar-refractivity contribution in [1.29, 1.82) is 0 Å². The molecular formula is C10H16O3. The molecule has 3 heteroatoms. The minimum Gasteiger partial charge on any atom is -0.466 e. The fourth-order valence-electron chi connectivity index (χ4n) is 1.05. The van der Waals surface area contributed by atoms with Gasteiger partial charge in [-0.25, -0.2) is 4.79 Å². The van der Waals surface area contributed by atoms with Crippen molar-refractivity contribution in [3.8, 4) is 0 Å². The molecule has 74 valence electrons. The van der Waals surface area contributed by atoms with Gasteiger partial charge < -0.3 is 4.74 Å². The van der Waals surface area contributed by atoms with Gasteiger partial charge in [-0.1, -0.05) is 13.8 Å². The fourth-order valence-corrected chi connectivity index (χ4v) is 1.05. The van der Waals surface area contributed by atoms with Gasteiger partial charge in [0.2, 0.25) is 0 Å². The minimum atomic E-state index is -0.487. The summed E-state index contributed by atoms with van der Waals surface area (Å²) in [6.45, 7) is 3.91. The van der Waals surface area contributed by atoms with Gasteiger partial charge in [0.15, 0.2) is 5.78 Å². The van der Waals surface area contributed by atoms with E-state index in [1.807, 2.05) is 13.8 Å². The van der Waals surface area contributed by atoms with Gasteiger partial charge in [-0.2, -0.15) is 0 Å². The van der Waals surface area contributed by atoms with E-state index in [-0.39, 0.29) is 11.7 Å². The fraction of sp³-hybridized carbons (Fsp3) is 0.600. The number of allylic oxidation sites excluding steroid dienone is 1. The lowest BCUT2D eigenvalue weighted by molar-refractivity contribution is -0.135. The molecule has 0 aromatic rings. The Morgan fingerprint density at radius 2 is 1.77 bits per heavy atom. The molecule has 0 aromatic carbocycles. The van der Waals surface area contributed by atoms with Crippen LogP contribution in [0.1, 0.15) is 26.7 Å². The molecule has 0 atom stereocenters. The maximum absolute atomic E-state index is 11.3. The number of esters is 1. The summed E-state index contributed by atoms with van der Waals surface area (Å²) >= 11 is 0. The first-order valence-electron chi connectivity index (χ1n) is 4.45. The van der Waals surface area contributed by atoms with Crippen molar-refractivity contribution >= 4 is 11.8 Å². The van der Waals surface area contributed by atoms with E-state index in [9.17, 15) is 9.59 Å². The van der Waals surface area contributed by atoms with E-state index in [0.29, 0.717) is 0 Å². The van der Waals surface area contributed by atoms with E-state index < -0.39 is 5.97 Å². The Hall–Kier alpha value is -1.12. The number of ketones is 1. The highest BCUT2D eigenvalue weighted by Gasteiger charge is 2.10. The van der Waals surface area contributed by atoms with E-state index in [2.05, 4.69) is 4.74 Å². The van der Waals surface area contributed by atoms with Crippen molar-refractivity contribution in [1.82, 2.24) is 0 Å². The normalized spacial score (nSPS) is 10.8. The Morgan fingerprint density at radius 1 is 1.23 bits per heavy atom. The van der Waals surface area contributed by atoms with E-state index in [1.54, 1.807) is 0 Å². The third kappa shape index (κ3) is 4.45. The topological polar surface area (TPSA) is 43.4 Å². The Bertz CT molecular complexity index is 202. The second kappa shape index (κ2) is 6.40. The van der Waals surface area contributed by atoms with Gasteiger partial charge >= 0.3 is 5.97 Å². The SMILES string of the molecule is CCC(CC)C(=O)C=CC(=O)OC. The predicted octanol–water partition coefficient (Wildman–Crippen LogP) is 1.72. The van der Waals surface area contributed by atoms with E-state index in [1.165, 1.54) is 19.3 Å². The van der Waals surface area contributed by atoms with Gasteiger partial charge in [-0.05, 0) is 18.9 Å². The molecule has 0 heterocycles. The number of rotatable bonds is 5. The third-order valence-corrected chi connectivity index (χ3v) is 1.97. The van der Waals surface area contributed by atoms with E-state index in [4.69, 9.17) is 0 Å². The second-order valence-corrected chi connectivity index (χ2v) is 2.77. The molecule has 0 unspecified atom stereocenters. The lowest BCUT2D eigenvalue weighted by Crippen LogP contribution is -2.10. The van der Waals surface area contributed by atoms with Crippen LogP contribution in [0.3, 0.4) is 0 Å². The summed E-state index contributed by atoms with van der Waals surface area (Å²) in [4.78, 5) is 22.0. The molecule has 0 aliphatic carbocycles. The van der Waals surface area contributed by atoms with Gasteiger partial charge in [-0.15, -0.1) is 0 Å². The van der Waals surface area contributed by atoms with Crippen LogP contribution in [0.2, 0.25) is 0 Å². The van der Waals surface area contributed by atoms with Crippen LogP contribution in [0.15, 0.2) is 12.2 Å². The largest absolute Gasteiger partial charge is 0.466 e. The van der Waals surface area contributed by atoms with Crippen molar-refractivity contribution in [2.75, 3.05) is 7.11 Å². The van der Waals surface area contributed by atoms with Crippen LogP contribution >= 0.6 is 0 Å². The molecule has 0 radical (unpaired) electrons. The molecule has 0 N–H and O–H groups in total. The quantitative estimate of drug-likeness (QED) is 0.482. The molecule has 0 aliphatic rings. The summed E-state index contributed by atoms with van der Waals surface area (Å²) in [6, 6.07) is 0. The number of methoxy groups -OCH3 is 1.